The smallest absolute Gasteiger partial charge is 0.350 e. The molecular formula is C21H19NO4. The van der Waals surface area contributed by atoms with Gasteiger partial charge >= 0.3 is 17.8 Å². The van der Waals surface area contributed by atoms with E-state index in [1.54, 1.807) is 11.9 Å². The van der Waals surface area contributed by atoms with Crippen molar-refractivity contribution in [2.75, 3.05) is 13.6 Å². The molecule has 0 unspecified atom stereocenters. The van der Waals surface area contributed by atoms with E-state index in [4.69, 9.17) is 9.47 Å². The van der Waals surface area contributed by atoms with Gasteiger partial charge in [-0.3, -0.25) is 0 Å². The minimum absolute atomic E-state index is 0.602. The predicted octanol–water partition coefficient (Wildman–Crippen LogP) is 2.92. The Morgan fingerprint density at radius 1 is 1.00 bits per heavy atom. The molecule has 2 aliphatic heterocycles. The molecule has 2 aromatic carbocycles. The van der Waals surface area contributed by atoms with E-state index in [0.29, 0.717) is 12.1 Å². The van der Waals surface area contributed by atoms with Gasteiger partial charge in [0.15, 0.2) is 0 Å². The van der Waals surface area contributed by atoms with Gasteiger partial charge in [0, 0.05) is 18.7 Å². The lowest BCUT2D eigenvalue weighted by molar-refractivity contribution is -0.289. The van der Waals surface area contributed by atoms with E-state index in [0.717, 1.165) is 40.8 Å². The largest absolute Gasteiger partial charge is 0.401 e. The molecule has 0 saturated heterocycles. The standard InChI is InChI=1S/C21H19NO4/c1-14-5-3-7-16(13-14)17-8-4-6-15-11-12-22(2)21(20(15)17)25-18(23)9-10-19(24)26-21/h3-10,13H,11-12H2,1-2H3. The average molecular weight is 349 g/mol. The van der Waals surface area contributed by atoms with Crippen LogP contribution in [0.25, 0.3) is 11.1 Å². The Morgan fingerprint density at radius 3 is 2.38 bits per heavy atom. The number of benzene rings is 2. The number of carbonyl (C=O) groups is 2. The SMILES string of the molecule is Cc1cccc(-c2cccc3c2C2(OC(=O)C=CC(=O)O2)N(C)CC3)c1. The highest BCUT2D eigenvalue weighted by Crippen LogP contribution is 2.43. The molecule has 0 N–H and O–H groups in total. The summed E-state index contributed by atoms with van der Waals surface area (Å²) in [5.41, 5.74) is 4.71. The lowest BCUT2D eigenvalue weighted by Crippen LogP contribution is -2.53. The van der Waals surface area contributed by atoms with Crippen LogP contribution in [0.15, 0.2) is 54.6 Å². The molecule has 0 saturated carbocycles. The van der Waals surface area contributed by atoms with E-state index in [9.17, 15) is 9.59 Å². The zero-order valence-electron chi connectivity index (χ0n) is 14.7. The number of carbonyl (C=O) groups excluding carboxylic acids is 2. The molecule has 5 nitrogen and oxygen atoms in total. The van der Waals surface area contributed by atoms with E-state index in [2.05, 4.69) is 6.07 Å². The summed E-state index contributed by atoms with van der Waals surface area (Å²) in [5, 5.41) is 0. The normalized spacial score (nSPS) is 18.8. The van der Waals surface area contributed by atoms with E-state index in [1.165, 1.54) is 0 Å². The second-order valence-electron chi connectivity index (χ2n) is 6.64. The maximum atomic E-state index is 12.2. The first-order valence-corrected chi connectivity index (χ1v) is 8.54. The number of ether oxygens (including phenoxy) is 2. The summed E-state index contributed by atoms with van der Waals surface area (Å²) < 4.78 is 11.4. The van der Waals surface area contributed by atoms with Crippen molar-refractivity contribution in [1.29, 1.82) is 0 Å². The number of hydrogen-bond donors (Lipinski definition) is 0. The van der Waals surface area contributed by atoms with Crippen LogP contribution in [0.3, 0.4) is 0 Å². The first-order chi connectivity index (χ1) is 12.5. The van der Waals surface area contributed by atoms with Crippen molar-refractivity contribution in [3.8, 4) is 11.1 Å². The first kappa shape index (κ1) is 16.5. The summed E-state index contributed by atoms with van der Waals surface area (Å²) in [5.74, 6) is -2.77. The summed E-state index contributed by atoms with van der Waals surface area (Å²) in [7, 11) is 1.79. The van der Waals surface area contributed by atoms with Crippen LogP contribution in [0.5, 0.6) is 0 Å². The van der Waals surface area contributed by atoms with Crippen LogP contribution in [0.1, 0.15) is 16.7 Å². The van der Waals surface area contributed by atoms with Crippen LogP contribution in [0.4, 0.5) is 0 Å². The second-order valence-corrected chi connectivity index (χ2v) is 6.64. The Labute approximate surface area is 151 Å². The third kappa shape index (κ3) is 2.61. The van der Waals surface area contributed by atoms with Gasteiger partial charge in [0.1, 0.15) is 0 Å². The van der Waals surface area contributed by atoms with Crippen LogP contribution in [0.2, 0.25) is 0 Å². The summed E-state index contributed by atoms with van der Waals surface area (Å²) in [6, 6.07) is 14.0. The fourth-order valence-electron chi connectivity index (χ4n) is 3.62. The highest BCUT2D eigenvalue weighted by atomic mass is 16.8. The molecular weight excluding hydrogens is 330 g/mol. The van der Waals surface area contributed by atoms with E-state index in [1.807, 2.05) is 43.3 Å². The van der Waals surface area contributed by atoms with Gasteiger partial charge in [-0.2, -0.15) is 0 Å². The lowest BCUT2D eigenvalue weighted by atomic mass is 9.88. The molecule has 132 valence electrons. The van der Waals surface area contributed by atoms with E-state index < -0.39 is 17.8 Å². The Hall–Kier alpha value is -2.92. The first-order valence-electron chi connectivity index (χ1n) is 8.54. The van der Waals surface area contributed by atoms with Crippen LogP contribution in [0, 0.1) is 6.92 Å². The van der Waals surface area contributed by atoms with Crippen molar-refractivity contribution in [2.24, 2.45) is 0 Å². The van der Waals surface area contributed by atoms with Crippen molar-refractivity contribution in [2.45, 2.75) is 19.3 Å². The molecule has 2 aromatic rings. The van der Waals surface area contributed by atoms with Crippen LogP contribution < -0.4 is 0 Å². The van der Waals surface area contributed by atoms with Gasteiger partial charge in [-0.1, -0.05) is 48.0 Å². The highest BCUT2D eigenvalue weighted by Gasteiger charge is 2.50. The summed E-state index contributed by atoms with van der Waals surface area (Å²) in [6.45, 7) is 2.63. The minimum Gasteiger partial charge on any atom is -0.401 e. The Morgan fingerprint density at radius 2 is 1.69 bits per heavy atom. The van der Waals surface area contributed by atoms with E-state index in [-0.39, 0.29) is 0 Å². The van der Waals surface area contributed by atoms with Gasteiger partial charge in [0.25, 0.3) is 0 Å². The molecule has 0 atom stereocenters. The Balaban J connectivity index is 1.98. The van der Waals surface area contributed by atoms with Crippen LogP contribution >= 0.6 is 0 Å². The average Bonchev–Trinajstić information content (AvgIpc) is 2.77. The van der Waals surface area contributed by atoms with Crippen molar-refractivity contribution in [3.05, 3.63) is 71.3 Å². The lowest BCUT2D eigenvalue weighted by Gasteiger charge is -2.43. The number of aryl methyl sites for hydroxylation is 1. The molecule has 2 aliphatic rings. The molecule has 0 radical (unpaired) electrons. The van der Waals surface area contributed by atoms with Crippen molar-refractivity contribution in [1.82, 2.24) is 4.90 Å². The summed E-state index contributed by atoms with van der Waals surface area (Å²) in [6.07, 6.45) is 2.98. The maximum Gasteiger partial charge on any atom is 0.350 e. The third-order valence-electron chi connectivity index (χ3n) is 4.85. The molecule has 4 rings (SSSR count). The minimum atomic E-state index is -1.56. The van der Waals surface area contributed by atoms with Crippen molar-refractivity contribution < 1.29 is 19.1 Å². The molecule has 26 heavy (non-hydrogen) atoms. The monoisotopic (exact) mass is 349 g/mol. The number of esters is 2. The van der Waals surface area contributed by atoms with Gasteiger partial charge in [0.05, 0.1) is 5.56 Å². The highest BCUT2D eigenvalue weighted by molar-refractivity contribution is 5.93. The van der Waals surface area contributed by atoms with Crippen molar-refractivity contribution >= 4 is 11.9 Å². The number of likely N-dealkylation sites (N-methyl/N-ethyl adjacent to an activating group) is 1. The number of rotatable bonds is 1. The molecule has 2 heterocycles. The molecule has 0 amide bonds. The molecule has 0 aromatic heterocycles. The zero-order valence-corrected chi connectivity index (χ0v) is 14.7. The second kappa shape index (κ2) is 6.11. The topological polar surface area (TPSA) is 55.8 Å². The van der Waals surface area contributed by atoms with Gasteiger partial charge in [-0.05, 0) is 37.1 Å². The maximum absolute atomic E-state index is 12.2. The molecule has 1 spiro atoms. The van der Waals surface area contributed by atoms with Gasteiger partial charge in [-0.15, -0.1) is 0 Å². The molecule has 0 bridgehead atoms. The van der Waals surface area contributed by atoms with Gasteiger partial charge in [-0.25, -0.2) is 14.5 Å². The Bertz CT molecular complexity index is 911. The third-order valence-corrected chi connectivity index (χ3v) is 4.85. The van der Waals surface area contributed by atoms with Crippen LogP contribution in [-0.2, 0) is 31.4 Å². The quantitative estimate of drug-likeness (QED) is 0.741. The van der Waals surface area contributed by atoms with Crippen LogP contribution in [-0.4, -0.2) is 30.4 Å². The Kier molecular flexibility index (Phi) is 3.89. The van der Waals surface area contributed by atoms with E-state index >= 15 is 0 Å². The molecule has 0 fully saturated rings. The number of fused-ring (bicyclic) bond motifs is 2. The fourth-order valence-corrected chi connectivity index (χ4v) is 3.62. The van der Waals surface area contributed by atoms with Crippen molar-refractivity contribution in [3.63, 3.8) is 0 Å². The summed E-state index contributed by atoms with van der Waals surface area (Å²) >= 11 is 0. The zero-order chi connectivity index (χ0) is 18.3. The predicted molar refractivity (Wildman–Crippen MR) is 96.0 cm³/mol. The fraction of sp³-hybridized carbons (Fsp3) is 0.238. The molecule has 0 aliphatic carbocycles. The van der Waals surface area contributed by atoms with Gasteiger partial charge < -0.3 is 9.47 Å². The summed E-state index contributed by atoms with van der Waals surface area (Å²) in [4.78, 5) is 26.2. The van der Waals surface area contributed by atoms with Gasteiger partial charge in [0.2, 0.25) is 0 Å². The number of nitrogens with zero attached hydrogens (tertiary/aromatic N) is 1. The number of hydrogen-bond acceptors (Lipinski definition) is 5. The molecule has 5 heteroatoms.